The van der Waals surface area contributed by atoms with Crippen molar-refractivity contribution in [1.82, 2.24) is 15.1 Å². The van der Waals surface area contributed by atoms with E-state index in [4.69, 9.17) is 0 Å². The molecule has 0 aromatic heterocycles. The van der Waals surface area contributed by atoms with Crippen LogP contribution in [0.5, 0.6) is 0 Å². The molecule has 1 aliphatic rings. The first-order valence-corrected chi connectivity index (χ1v) is 7.49. The fraction of sp³-hybridized carbons (Fsp3) is 0.625. The molecule has 2 unspecified atom stereocenters. The Morgan fingerprint density at radius 3 is 2.85 bits per heavy atom. The van der Waals surface area contributed by atoms with Gasteiger partial charge in [-0.3, -0.25) is 0 Å². The maximum atomic E-state index is 13.5. The van der Waals surface area contributed by atoms with Crippen molar-refractivity contribution in [3.8, 4) is 0 Å². The summed E-state index contributed by atoms with van der Waals surface area (Å²) >= 11 is 0. The van der Waals surface area contributed by atoms with Crippen molar-refractivity contribution in [2.24, 2.45) is 0 Å². The van der Waals surface area contributed by atoms with Gasteiger partial charge in [-0.15, -0.1) is 0 Å². The Kier molecular flexibility index (Phi) is 5.52. The highest BCUT2D eigenvalue weighted by Gasteiger charge is 2.29. The van der Waals surface area contributed by atoms with Crippen molar-refractivity contribution in [1.29, 1.82) is 0 Å². The van der Waals surface area contributed by atoms with Gasteiger partial charge in [0.05, 0.1) is 0 Å². The van der Waals surface area contributed by atoms with Gasteiger partial charge in [-0.1, -0.05) is 19.1 Å². The molecule has 1 fully saturated rings. The number of halogens is 1. The minimum Gasteiger partial charge on any atom is -0.309 e. The molecule has 1 N–H and O–H groups in total. The Hall–Kier alpha value is -0.970. The Labute approximate surface area is 121 Å². The zero-order chi connectivity index (χ0) is 14.5. The first kappa shape index (κ1) is 15.4. The van der Waals surface area contributed by atoms with Gasteiger partial charge >= 0.3 is 0 Å². The maximum Gasteiger partial charge on any atom is 0.123 e. The molecule has 0 amide bonds. The lowest BCUT2D eigenvalue weighted by Gasteiger charge is -2.35. The Morgan fingerprint density at radius 2 is 2.15 bits per heavy atom. The molecule has 0 radical (unpaired) electrons. The van der Waals surface area contributed by atoms with Crippen molar-refractivity contribution < 1.29 is 4.39 Å². The van der Waals surface area contributed by atoms with Gasteiger partial charge in [0.2, 0.25) is 0 Å². The van der Waals surface area contributed by atoms with Crippen LogP contribution in [0.15, 0.2) is 24.3 Å². The van der Waals surface area contributed by atoms with Crippen LogP contribution < -0.4 is 5.32 Å². The van der Waals surface area contributed by atoms with Crippen molar-refractivity contribution >= 4 is 0 Å². The lowest BCUT2D eigenvalue weighted by atomic mass is 9.97. The minimum absolute atomic E-state index is 0.157. The van der Waals surface area contributed by atoms with E-state index in [9.17, 15) is 4.39 Å². The fourth-order valence-corrected chi connectivity index (χ4v) is 3.06. The summed E-state index contributed by atoms with van der Waals surface area (Å²) in [7, 11) is 4.34. The average Bonchev–Trinajstić information content (AvgIpc) is 2.58. The van der Waals surface area contributed by atoms with Crippen LogP contribution in [0.1, 0.15) is 24.9 Å². The first-order chi connectivity index (χ1) is 9.61. The SMILES string of the molecule is CCNC(c1cccc(F)c1)C1CN(C)CCCN1C. The minimum atomic E-state index is -0.157. The van der Waals surface area contributed by atoms with Crippen LogP contribution in [0, 0.1) is 5.82 Å². The molecule has 0 aliphatic carbocycles. The second kappa shape index (κ2) is 7.16. The molecule has 1 saturated heterocycles. The van der Waals surface area contributed by atoms with Crippen molar-refractivity contribution in [3.63, 3.8) is 0 Å². The molecule has 1 aliphatic heterocycles. The molecule has 20 heavy (non-hydrogen) atoms. The van der Waals surface area contributed by atoms with Gasteiger partial charge in [-0.05, 0) is 57.8 Å². The summed E-state index contributed by atoms with van der Waals surface area (Å²) in [6.07, 6.45) is 1.19. The summed E-state index contributed by atoms with van der Waals surface area (Å²) in [6.45, 7) is 6.21. The van der Waals surface area contributed by atoms with Crippen LogP contribution in [-0.2, 0) is 0 Å². The first-order valence-electron chi connectivity index (χ1n) is 7.49. The number of nitrogens with one attached hydrogen (secondary N) is 1. The second-order valence-electron chi connectivity index (χ2n) is 5.75. The molecule has 2 rings (SSSR count). The molecule has 112 valence electrons. The topological polar surface area (TPSA) is 18.5 Å². The van der Waals surface area contributed by atoms with E-state index in [1.54, 1.807) is 12.1 Å². The molecule has 0 spiro atoms. The number of hydrogen-bond acceptors (Lipinski definition) is 3. The molecular formula is C16H26FN3. The van der Waals surface area contributed by atoms with Crippen LogP contribution in [0.25, 0.3) is 0 Å². The summed E-state index contributed by atoms with van der Waals surface area (Å²) in [6, 6.07) is 7.52. The van der Waals surface area contributed by atoms with Gasteiger partial charge in [0.1, 0.15) is 5.82 Å². The molecule has 3 nitrogen and oxygen atoms in total. The smallest absolute Gasteiger partial charge is 0.123 e. The largest absolute Gasteiger partial charge is 0.309 e. The molecule has 1 aromatic rings. The van der Waals surface area contributed by atoms with Crippen LogP contribution in [-0.4, -0.2) is 56.1 Å². The van der Waals surface area contributed by atoms with E-state index in [-0.39, 0.29) is 11.9 Å². The van der Waals surface area contributed by atoms with Crippen LogP contribution >= 0.6 is 0 Å². The van der Waals surface area contributed by atoms with Crippen molar-refractivity contribution in [2.45, 2.75) is 25.4 Å². The lowest BCUT2D eigenvalue weighted by molar-refractivity contribution is 0.179. The lowest BCUT2D eigenvalue weighted by Crippen LogP contribution is -2.47. The van der Waals surface area contributed by atoms with E-state index < -0.39 is 0 Å². The van der Waals surface area contributed by atoms with Crippen LogP contribution in [0.3, 0.4) is 0 Å². The Balaban J connectivity index is 2.26. The van der Waals surface area contributed by atoms with Gasteiger partial charge in [-0.2, -0.15) is 0 Å². The number of benzene rings is 1. The van der Waals surface area contributed by atoms with Gasteiger partial charge in [-0.25, -0.2) is 4.39 Å². The van der Waals surface area contributed by atoms with Gasteiger partial charge in [0, 0.05) is 18.6 Å². The van der Waals surface area contributed by atoms with E-state index in [0.717, 1.165) is 31.7 Å². The van der Waals surface area contributed by atoms with Crippen molar-refractivity contribution in [3.05, 3.63) is 35.6 Å². The highest BCUT2D eigenvalue weighted by Crippen LogP contribution is 2.23. The summed E-state index contributed by atoms with van der Waals surface area (Å²) in [5.41, 5.74) is 1.04. The van der Waals surface area contributed by atoms with E-state index >= 15 is 0 Å². The van der Waals surface area contributed by atoms with Crippen LogP contribution in [0.2, 0.25) is 0 Å². The number of hydrogen-bond donors (Lipinski definition) is 1. The molecule has 0 saturated carbocycles. The normalized spacial score (nSPS) is 23.5. The third-order valence-corrected chi connectivity index (χ3v) is 4.13. The highest BCUT2D eigenvalue weighted by molar-refractivity contribution is 5.22. The summed E-state index contributed by atoms with van der Waals surface area (Å²) in [5, 5.41) is 3.54. The van der Waals surface area contributed by atoms with E-state index in [2.05, 4.69) is 36.1 Å². The predicted octanol–water partition coefficient (Wildman–Crippen LogP) is 2.11. The molecule has 2 atom stereocenters. The zero-order valence-corrected chi connectivity index (χ0v) is 12.8. The average molecular weight is 279 g/mol. The van der Waals surface area contributed by atoms with E-state index in [1.807, 2.05) is 6.07 Å². The summed E-state index contributed by atoms with van der Waals surface area (Å²) in [5.74, 6) is -0.157. The number of rotatable bonds is 4. The molecule has 4 heteroatoms. The molecule has 1 heterocycles. The standard InChI is InChI=1S/C16H26FN3/c1-4-18-16(13-7-5-8-14(17)11-13)15-12-19(2)9-6-10-20(15)3/h5,7-8,11,15-16,18H,4,6,9-10,12H2,1-3H3. The Morgan fingerprint density at radius 1 is 1.35 bits per heavy atom. The highest BCUT2D eigenvalue weighted by atomic mass is 19.1. The van der Waals surface area contributed by atoms with Gasteiger partial charge < -0.3 is 15.1 Å². The fourth-order valence-electron chi connectivity index (χ4n) is 3.06. The molecule has 1 aromatic carbocycles. The monoisotopic (exact) mass is 279 g/mol. The van der Waals surface area contributed by atoms with Gasteiger partial charge in [0.15, 0.2) is 0 Å². The third kappa shape index (κ3) is 3.78. The number of likely N-dealkylation sites (N-methyl/N-ethyl adjacent to an activating group) is 3. The van der Waals surface area contributed by atoms with Crippen LogP contribution in [0.4, 0.5) is 4.39 Å². The third-order valence-electron chi connectivity index (χ3n) is 4.13. The van der Waals surface area contributed by atoms with Gasteiger partial charge in [0.25, 0.3) is 0 Å². The van der Waals surface area contributed by atoms with E-state index in [0.29, 0.717) is 6.04 Å². The second-order valence-corrected chi connectivity index (χ2v) is 5.75. The molecule has 0 bridgehead atoms. The van der Waals surface area contributed by atoms with Crippen molar-refractivity contribution in [2.75, 3.05) is 40.3 Å². The zero-order valence-electron chi connectivity index (χ0n) is 12.8. The summed E-state index contributed by atoms with van der Waals surface area (Å²) < 4.78 is 13.5. The van der Waals surface area contributed by atoms with E-state index in [1.165, 1.54) is 12.5 Å². The summed E-state index contributed by atoms with van der Waals surface area (Å²) in [4.78, 5) is 4.78. The quantitative estimate of drug-likeness (QED) is 0.911. The number of nitrogens with zero attached hydrogens (tertiary/aromatic N) is 2. The predicted molar refractivity (Wildman–Crippen MR) is 81.3 cm³/mol. The molecular weight excluding hydrogens is 253 g/mol. The maximum absolute atomic E-state index is 13.5. The Bertz CT molecular complexity index is 424.